The van der Waals surface area contributed by atoms with E-state index in [-0.39, 0.29) is 12.0 Å². The average Bonchev–Trinajstić information content (AvgIpc) is 2.97. The summed E-state index contributed by atoms with van der Waals surface area (Å²) < 4.78 is 5.54. The lowest BCUT2D eigenvalue weighted by Crippen LogP contribution is -2.38. The van der Waals surface area contributed by atoms with Crippen molar-refractivity contribution < 1.29 is 9.53 Å². The van der Waals surface area contributed by atoms with Crippen LogP contribution >= 0.6 is 11.6 Å². The van der Waals surface area contributed by atoms with Gasteiger partial charge in [-0.2, -0.15) is 0 Å². The minimum Gasteiger partial charge on any atom is -0.378 e. The van der Waals surface area contributed by atoms with Crippen LogP contribution in [0.25, 0.3) is 0 Å². The van der Waals surface area contributed by atoms with Gasteiger partial charge in [0.25, 0.3) is 0 Å². The molecule has 3 nitrogen and oxygen atoms in total. The van der Waals surface area contributed by atoms with Crippen molar-refractivity contribution in [1.29, 1.82) is 0 Å². The number of carbonyl (C=O) groups is 1. The maximum atomic E-state index is 12.6. The van der Waals surface area contributed by atoms with Gasteiger partial charge >= 0.3 is 0 Å². The summed E-state index contributed by atoms with van der Waals surface area (Å²) in [6.45, 7) is 4.48. The van der Waals surface area contributed by atoms with Crippen molar-refractivity contribution in [2.24, 2.45) is 5.92 Å². The Morgan fingerprint density at radius 2 is 2.05 bits per heavy atom. The van der Waals surface area contributed by atoms with Crippen molar-refractivity contribution in [1.82, 2.24) is 4.90 Å². The van der Waals surface area contributed by atoms with Crippen LogP contribution in [0.2, 0.25) is 5.02 Å². The van der Waals surface area contributed by atoms with Crippen molar-refractivity contribution in [3.8, 4) is 0 Å². The van der Waals surface area contributed by atoms with E-state index in [9.17, 15) is 4.79 Å². The number of ether oxygens (including phenoxy) is 1. The summed E-state index contributed by atoms with van der Waals surface area (Å²) >= 11 is 5.94. The fourth-order valence-corrected chi connectivity index (χ4v) is 3.57. The third-order valence-electron chi connectivity index (χ3n) is 4.68. The second-order valence-electron chi connectivity index (χ2n) is 6.22. The number of carbonyl (C=O) groups excluding carboxylic acids is 1. The molecule has 0 radical (unpaired) electrons. The smallest absolute Gasteiger partial charge is 0.225 e. The first-order chi connectivity index (χ1) is 10.1. The summed E-state index contributed by atoms with van der Waals surface area (Å²) in [5, 5.41) is 0.765. The molecule has 3 unspecified atom stereocenters. The first-order valence-electron chi connectivity index (χ1n) is 7.79. The van der Waals surface area contributed by atoms with Gasteiger partial charge in [0, 0.05) is 36.6 Å². The van der Waals surface area contributed by atoms with E-state index < -0.39 is 0 Å². The average molecular weight is 308 g/mol. The van der Waals surface area contributed by atoms with E-state index in [1.54, 1.807) is 0 Å². The molecule has 0 aliphatic carbocycles. The molecule has 0 spiro atoms. The van der Waals surface area contributed by atoms with Crippen LogP contribution in [-0.2, 0) is 9.53 Å². The second kappa shape index (κ2) is 6.37. The summed E-state index contributed by atoms with van der Waals surface area (Å²) in [7, 11) is 0. The van der Waals surface area contributed by atoms with Crippen molar-refractivity contribution in [3.05, 3.63) is 34.9 Å². The molecule has 1 aromatic rings. The molecule has 2 heterocycles. The fraction of sp³-hybridized carbons (Fsp3) is 0.588. The first kappa shape index (κ1) is 14.9. The Bertz CT molecular complexity index is 502. The van der Waals surface area contributed by atoms with Crippen molar-refractivity contribution >= 4 is 17.5 Å². The Kier molecular flexibility index (Phi) is 4.51. The standard InChI is InChI=1S/C17H22ClNO2/c1-12-10-14(7-9-21-12)17(20)19-8-6-15(11-19)13-2-4-16(18)5-3-13/h2-5,12,14-15H,6-11H2,1H3. The molecule has 3 atom stereocenters. The predicted octanol–water partition coefficient (Wildman–Crippen LogP) is 3.47. The van der Waals surface area contributed by atoms with Crippen LogP contribution in [0.4, 0.5) is 0 Å². The van der Waals surface area contributed by atoms with Crippen LogP contribution < -0.4 is 0 Å². The minimum absolute atomic E-state index is 0.151. The van der Waals surface area contributed by atoms with Crippen LogP contribution in [0.5, 0.6) is 0 Å². The third-order valence-corrected chi connectivity index (χ3v) is 4.93. The lowest BCUT2D eigenvalue weighted by Gasteiger charge is -2.29. The molecule has 3 rings (SSSR count). The monoisotopic (exact) mass is 307 g/mol. The zero-order chi connectivity index (χ0) is 14.8. The van der Waals surface area contributed by atoms with Gasteiger partial charge < -0.3 is 9.64 Å². The van der Waals surface area contributed by atoms with Gasteiger partial charge in [-0.25, -0.2) is 0 Å². The molecule has 1 aromatic carbocycles. The first-order valence-corrected chi connectivity index (χ1v) is 8.17. The number of hydrogen-bond acceptors (Lipinski definition) is 2. The van der Waals surface area contributed by atoms with Crippen LogP contribution in [0.15, 0.2) is 24.3 Å². The maximum Gasteiger partial charge on any atom is 0.225 e. The summed E-state index contributed by atoms with van der Waals surface area (Å²) in [6, 6.07) is 8.03. The van der Waals surface area contributed by atoms with Gasteiger partial charge in [0.1, 0.15) is 0 Å². The van der Waals surface area contributed by atoms with Crippen LogP contribution in [-0.4, -0.2) is 36.6 Å². The number of hydrogen-bond donors (Lipinski definition) is 0. The highest BCUT2D eigenvalue weighted by molar-refractivity contribution is 6.30. The maximum absolute atomic E-state index is 12.6. The number of likely N-dealkylation sites (tertiary alicyclic amines) is 1. The topological polar surface area (TPSA) is 29.5 Å². The van der Waals surface area contributed by atoms with E-state index in [1.165, 1.54) is 5.56 Å². The van der Waals surface area contributed by atoms with Crippen LogP contribution in [0.3, 0.4) is 0 Å². The molecule has 1 amide bonds. The highest BCUT2D eigenvalue weighted by atomic mass is 35.5. The zero-order valence-electron chi connectivity index (χ0n) is 12.4. The van der Waals surface area contributed by atoms with Gasteiger partial charge in [-0.15, -0.1) is 0 Å². The van der Waals surface area contributed by atoms with Gasteiger partial charge in [-0.3, -0.25) is 4.79 Å². The molecule has 4 heteroatoms. The zero-order valence-corrected chi connectivity index (χ0v) is 13.2. The van der Waals surface area contributed by atoms with Crippen LogP contribution in [0, 0.1) is 5.92 Å². The lowest BCUT2D eigenvalue weighted by atomic mass is 9.94. The quantitative estimate of drug-likeness (QED) is 0.837. The number of amides is 1. The summed E-state index contributed by atoms with van der Waals surface area (Å²) in [5.74, 6) is 0.919. The van der Waals surface area contributed by atoms with Gasteiger partial charge in [0.15, 0.2) is 0 Å². The molecule has 2 saturated heterocycles. The molecule has 2 fully saturated rings. The number of benzene rings is 1. The summed E-state index contributed by atoms with van der Waals surface area (Å²) in [4.78, 5) is 14.7. The molecule has 0 N–H and O–H groups in total. The lowest BCUT2D eigenvalue weighted by molar-refractivity contribution is -0.139. The third kappa shape index (κ3) is 3.41. The molecule has 0 aromatic heterocycles. The normalized spacial score (nSPS) is 29.6. The minimum atomic E-state index is 0.151. The highest BCUT2D eigenvalue weighted by Crippen LogP contribution is 2.31. The largest absolute Gasteiger partial charge is 0.378 e. The van der Waals surface area contributed by atoms with Crippen molar-refractivity contribution in [3.63, 3.8) is 0 Å². The van der Waals surface area contributed by atoms with E-state index in [1.807, 2.05) is 17.0 Å². The highest BCUT2D eigenvalue weighted by Gasteiger charge is 2.33. The fourth-order valence-electron chi connectivity index (χ4n) is 3.45. The molecule has 2 aliphatic rings. The molecular formula is C17H22ClNO2. The van der Waals surface area contributed by atoms with Crippen molar-refractivity contribution in [2.75, 3.05) is 19.7 Å². The van der Waals surface area contributed by atoms with Gasteiger partial charge in [-0.1, -0.05) is 23.7 Å². The van der Waals surface area contributed by atoms with Crippen LogP contribution in [0.1, 0.15) is 37.7 Å². The summed E-state index contributed by atoms with van der Waals surface area (Å²) in [5.41, 5.74) is 1.29. The van der Waals surface area contributed by atoms with Crippen molar-refractivity contribution in [2.45, 2.75) is 38.2 Å². The summed E-state index contributed by atoms with van der Waals surface area (Å²) in [6.07, 6.45) is 2.99. The van der Waals surface area contributed by atoms with E-state index in [0.717, 1.165) is 37.4 Å². The Morgan fingerprint density at radius 3 is 2.76 bits per heavy atom. The molecule has 2 aliphatic heterocycles. The van der Waals surface area contributed by atoms with E-state index in [0.29, 0.717) is 18.4 Å². The van der Waals surface area contributed by atoms with Gasteiger partial charge in [-0.05, 0) is 43.9 Å². The van der Waals surface area contributed by atoms with E-state index >= 15 is 0 Å². The molecular weight excluding hydrogens is 286 g/mol. The van der Waals surface area contributed by atoms with E-state index in [2.05, 4.69) is 19.1 Å². The Labute approximate surface area is 131 Å². The number of halogens is 1. The van der Waals surface area contributed by atoms with E-state index in [4.69, 9.17) is 16.3 Å². The number of nitrogens with zero attached hydrogens (tertiary/aromatic N) is 1. The molecule has 0 saturated carbocycles. The predicted molar refractivity (Wildman–Crippen MR) is 83.5 cm³/mol. The molecule has 21 heavy (non-hydrogen) atoms. The Morgan fingerprint density at radius 1 is 1.29 bits per heavy atom. The second-order valence-corrected chi connectivity index (χ2v) is 6.66. The van der Waals surface area contributed by atoms with Gasteiger partial charge in [0.05, 0.1) is 6.10 Å². The van der Waals surface area contributed by atoms with Gasteiger partial charge in [0.2, 0.25) is 5.91 Å². The Hall–Kier alpha value is -1.06. The molecule has 0 bridgehead atoms. The number of rotatable bonds is 2. The Balaban J connectivity index is 1.61. The SMILES string of the molecule is CC1CC(C(=O)N2CCC(c3ccc(Cl)cc3)C2)CCO1. The molecule has 114 valence electrons.